The fraction of sp³-hybridized carbons (Fsp3) is 0.316. The van der Waals surface area contributed by atoms with Crippen molar-refractivity contribution in [1.29, 1.82) is 0 Å². The molecule has 2 rings (SSSR count). The molecule has 27 heavy (non-hydrogen) atoms. The van der Waals surface area contributed by atoms with Gasteiger partial charge < -0.3 is 13.8 Å². The van der Waals surface area contributed by atoms with E-state index in [0.29, 0.717) is 21.4 Å². The normalized spacial score (nSPS) is 12.6. The number of ether oxygens (including phenoxy) is 1. The Bertz CT molecular complexity index is 783. The predicted molar refractivity (Wildman–Crippen MR) is 107 cm³/mol. The molecule has 0 N–H and O–H groups in total. The van der Waals surface area contributed by atoms with E-state index in [9.17, 15) is 9.36 Å². The first-order chi connectivity index (χ1) is 12.9. The highest BCUT2D eigenvalue weighted by Gasteiger charge is 2.42. The molecule has 8 heteroatoms. The molecule has 0 aliphatic heterocycles. The van der Waals surface area contributed by atoms with E-state index in [1.54, 1.807) is 62.4 Å². The van der Waals surface area contributed by atoms with Crippen LogP contribution in [0.4, 0.5) is 0 Å². The van der Waals surface area contributed by atoms with Gasteiger partial charge in [-0.05, 0) is 55.8 Å². The Morgan fingerprint density at radius 3 is 1.89 bits per heavy atom. The second-order valence-electron chi connectivity index (χ2n) is 5.54. The number of Topliss-reactive ketones (excluding diaryl/α,β-unsaturated/α-hetero) is 1. The summed E-state index contributed by atoms with van der Waals surface area (Å²) in [6.07, 6.45) is 0. The van der Waals surface area contributed by atoms with Gasteiger partial charge in [-0.1, -0.05) is 35.3 Å². The zero-order chi connectivity index (χ0) is 19.9. The summed E-state index contributed by atoms with van der Waals surface area (Å²) in [6, 6.07) is 13.1. The van der Waals surface area contributed by atoms with E-state index in [0.717, 1.165) is 0 Å². The number of rotatable bonds is 10. The third-order valence-corrected chi connectivity index (χ3v) is 6.58. The molecule has 0 amide bonds. The Kier molecular flexibility index (Phi) is 8.33. The van der Waals surface area contributed by atoms with Crippen molar-refractivity contribution in [3.63, 3.8) is 0 Å². The number of hydrogen-bond acceptors (Lipinski definition) is 5. The zero-order valence-electron chi connectivity index (χ0n) is 15.1. The van der Waals surface area contributed by atoms with E-state index < -0.39 is 19.0 Å². The van der Waals surface area contributed by atoms with Crippen molar-refractivity contribution in [2.75, 3.05) is 19.8 Å². The van der Waals surface area contributed by atoms with Gasteiger partial charge in [-0.25, -0.2) is 0 Å². The third kappa shape index (κ3) is 6.06. The van der Waals surface area contributed by atoms with Crippen LogP contribution in [0.3, 0.4) is 0 Å². The van der Waals surface area contributed by atoms with Crippen molar-refractivity contribution in [3.05, 3.63) is 64.1 Å². The summed E-state index contributed by atoms with van der Waals surface area (Å²) in [4.78, 5) is 12.9. The first kappa shape index (κ1) is 21.9. The van der Waals surface area contributed by atoms with Crippen LogP contribution in [0.1, 0.15) is 25.1 Å². The van der Waals surface area contributed by atoms with Gasteiger partial charge in [0.05, 0.1) is 13.2 Å². The van der Waals surface area contributed by atoms with Crippen LogP contribution in [0.15, 0.2) is 48.5 Å². The van der Waals surface area contributed by atoms with Gasteiger partial charge in [0.15, 0.2) is 5.78 Å². The summed E-state index contributed by atoms with van der Waals surface area (Å²) in [7, 11) is -3.75. The van der Waals surface area contributed by atoms with Gasteiger partial charge in [0.2, 0.25) is 0 Å². The van der Waals surface area contributed by atoms with E-state index in [4.69, 9.17) is 37.0 Å². The molecule has 2 aromatic rings. The molecule has 5 nitrogen and oxygen atoms in total. The maximum absolute atomic E-state index is 13.3. The summed E-state index contributed by atoms with van der Waals surface area (Å²) in [5.41, 5.74) is -0.615. The highest BCUT2D eigenvalue weighted by atomic mass is 35.5. The molecule has 1 unspecified atom stereocenters. The Morgan fingerprint density at radius 2 is 1.41 bits per heavy atom. The van der Waals surface area contributed by atoms with Crippen LogP contribution < -0.4 is 4.74 Å². The van der Waals surface area contributed by atoms with E-state index in [1.807, 2.05) is 0 Å². The molecular formula is C19H21Cl2O5P. The van der Waals surface area contributed by atoms with Crippen LogP contribution in [0.2, 0.25) is 10.0 Å². The lowest BCUT2D eigenvalue weighted by Crippen LogP contribution is -2.22. The third-order valence-electron chi connectivity index (χ3n) is 3.62. The van der Waals surface area contributed by atoms with Crippen molar-refractivity contribution in [2.45, 2.75) is 19.5 Å². The van der Waals surface area contributed by atoms with Gasteiger partial charge in [0.25, 0.3) is 0 Å². The lowest BCUT2D eigenvalue weighted by atomic mass is 10.1. The number of halogens is 2. The monoisotopic (exact) mass is 430 g/mol. The van der Waals surface area contributed by atoms with Crippen LogP contribution in [0.25, 0.3) is 0 Å². The maximum atomic E-state index is 13.3. The second kappa shape index (κ2) is 10.3. The molecule has 0 saturated heterocycles. The highest BCUT2D eigenvalue weighted by Crippen LogP contribution is 2.61. The number of carbonyl (C=O) groups is 1. The van der Waals surface area contributed by atoms with Gasteiger partial charge in [-0.2, -0.15) is 0 Å². The minimum absolute atomic E-state index is 0.146. The summed E-state index contributed by atoms with van der Waals surface area (Å²) in [6.45, 7) is 3.39. The predicted octanol–water partition coefficient (Wildman–Crippen LogP) is 5.95. The average Bonchev–Trinajstić information content (AvgIpc) is 2.63. The molecule has 1 atom stereocenters. The Hall–Kier alpha value is -1.36. The minimum Gasteiger partial charge on any atom is -0.486 e. The lowest BCUT2D eigenvalue weighted by molar-refractivity contribution is -0.121. The van der Waals surface area contributed by atoms with E-state index in [1.165, 1.54) is 0 Å². The quantitative estimate of drug-likeness (QED) is 0.435. The molecule has 0 saturated carbocycles. The topological polar surface area (TPSA) is 61.8 Å². The van der Waals surface area contributed by atoms with Crippen molar-refractivity contribution < 1.29 is 23.1 Å². The van der Waals surface area contributed by atoms with E-state index in [2.05, 4.69) is 0 Å². The second-order valence-corrected chi connectivity index (χ2v) is 8.52. The highest BCUT2D eigenvalue weighted by molar-refractivity contribution is 7.55. The number of carbonyl (C=O) groups excluding carboxylic acids is 1. The molecule has 0 aromatic heterocycles. The summed E-state index contributed by atoms with van der Waals surface area (Å²) in [5.74, 6) is 0.0581. The van der Waals surface area contributed by atoms with Crippen LogP contribution in [-0.4, -0.2) is 25.6 Å². The van der Waals surface area contributed by atoms with Crippen molar-refractivity contribution in [2.24, 2.45) is 0 Å². The van der Waals surface area contributed by atoms with Crippen molar-refractivity contribution >= 4 is 36.6 Å². The van der Waals surface area contributed by atoms with Gasteiger partial charge in [-0.3, -0.25) is 9.36 Å². The molecule has 0 heterocycles. The fourth-order valence-electron chi connectivity index (χ4n) is 2.50. The van der Waals surface area contributed by atoms with Crippen LogP contribution in [0, 0.1) is 0 Å². The molecule has 0 aliphatic carbocycles. The largest absolute Gasteiger partial charge is 0.486 e. The van der Waals surface area contributed by atoms with Gasteiger partial charge in [-0.15, -0.1) is 0 Å². The van der Waals surface area contributed by atoms with E-state index in [-0.39, 0.29) is 19.8 Å². The molecule has 0 aliphatic rings. The van der Waals surface area contributed by atoms with Gasteiger partial charge in [0, 0.05) is 10.0 Å². The fourth-order valence-corrected chi connectivity index (χ4v) is 4.81. The van der Waals surface area contributed by atoms with Gasteiger partial charge >= 0.3 is 7.60 Å². The number of hydrogen-bond donors (Lipinski definition) is 0. The standard InChI is InChI=1S/C19H21Cl2O5P/c1-3-25-27(23,26-4-2)19(14-5-7-15(20)8-6-14)18(22)13-24-17-11-9-16(21)10-12-17/h5-12,19H,3-4,13H2,1-2H3. The average molecular weight is 431 g/mol. The number of ketones is 1. The molecule has 146 valence electrons. The Balaban J connectivity index is 2.29. The maximum Gasteiger partial charge on any atom is 0.345 e. The van der Waals surface area contributed by atoms with E-state index >= 15 is 0 Å². The molecular weight excluding hydrogens is 410 g/mol. The minimum atomic E-state index is -3.75. The van der Waals surface area contributed by atoms with Crippen molar-refractivity contribution in [3.8, 4) is 5.75 Å². The summed E-state index contributed by atoms with van der Waals surface area (Å²) >= 11 is 11.8. The lowest BCUT2D eigenvalue weighted by Gasteiger charge is -2.25. The van der Waals surface area contributed by atoms with Crippen molar-refractivity contribution in [1.82, 2.24) is 0 Å². The van der Waals surface area contributed by atoms with Gasteiger partial charge in [0.1, 0.15) is 18.0 Å². The molecule has 0 fully saturated rings. The first-order valence-corrected chi connectivity index (χ1v) is 10.8. The van der Waals surface area contributed by atoms with Crippen LogP contribution in [-0.2, 0) is 18.4 Å². The van der Waals surface area contributed by atoms with Crippen LogP contribution in [0.5, 0.6) is 5.75 Å². The molecule has 0 spiro atoms. The Labute approximate surface area is 169 Å². The number of benzene rings is 2. The molecule has 2 aromatic carbocycles. The zero-order valence-corrected chi connectivity index (χ0v) is 17.5. The summed E-state index contributed by atoms with van der Waals surface area (Å²) < 4.78 is 29.7. The molecule has 0 radical (unpaired) electrons. The molecule has 0 bridgehead atoms. The first-order valence-electron chi connectivity index (χ1n) is 8.45. The summed E-state index contributed by atoms with van der Waals surface area (Å²) in [5, 5.41) is 1.06. The smallest absolute Gasteiger partial charge is 0.345 e. The Morgan fingerprint density at radius 1 is 0.926 bits per heavy atom. The van der Waals surface area contributed by atoms with Crippen LogP contribution >= 0.6 is 30.8 Å². The SMILES string of the molecule is CCOP(=O)(OCC)C(C(=O)COc1ccc(Cl)cc1)c1ccc(Cl)cc1.